The van der Waals surface area contributed by atoms with Crippen molar-refractivity contribution >= 4 is 11.4 Å². The monoisotopic (exact) mass is 455 g/mol. The van der Waals surface area contributed by atoms with Crippen molar-refractivity contribution in [1.82, 2.24) is 9.97 Å². The number of aliphatic hydroxyl groups excluding tert-OH is 1. The molecule has 0 saturated carbocycles. The van der Waals surface area contributed by atoms with Crippen molar-refractivity contribution in [1.29, 1.82) is 0 Å². The number of nitrogens with two attached hydrogens (primary N) is 2. The number of hydrogen-bond acceptors (Lipinski definition) is 8. The molecule has 8 nitrogen and oxygen atoms in total. The molecule has 1 saturated heterocycles. The van der Waals surface area contributed by atoms with Crippen molar-refractivity contribution in [2.45, 2.75) is 45.8 Å². The molecule has 1 aromatic heterocycles. The molecule has 0 bridgehead atoms. The van der Waals surface area contributed by atoms with Crippen LogP contribution in [-0.2, 0) is 4.74 Å². The molecule has 1 aliphatic heterocycles. The van der Waals surface area contributed by atoms with E-state index in [0.717, 1.165) is 48.7 Å². The predicted octanol–water partition coefficient (Wildman–Crippen LogP) is 2.80. The summed E-state index contributed by atoms with van der Waals surface area (Å²) in [5, 5.41) is 9.72. The molecule has 1 unspecified atom stereocenters. The minimum absolute atomic E-state index is 0.136. The van der Waals surface area contributed by atoms with Crippen LogP contribution >= 0.6 is 0 Å². The molecule has 0 aliphatic carbocycles. The van der Waals surface area contributed by atoms with Crippen molar-refractivity contribution in [3.05, 3.63) is 42.4 Å². The summed E-state index contributed by atoms with van der Waals surface area (Å²) in [5.74, 6) is 2.10. The lowest BCUT2D eigenvalue weighted by atomic mass is 9.86. The average molecular weight is 456 g/mol. The number of allylic oxidation sites excluding steroid dienone is 1. The van der Waals surface area contributed by atoms with Crippen molar-refractivity contribution in [2.75, 3.05) is 38.3 Å². The fourth-order valence-corrected chi connectivity index (χ4v) is 3.81. The maximum atomic E-state index is 9.72. The molecule has 0 spiro atoms. The van der Waals surface area contributed by atoms with E-state index in [1.807, 2.05) is 30.3 Å². The molecule has 0 amide bonds. The van der Waals surface area contributed by atoms with Gasteiger partial charge in [0.15, 0.2) is 5.82 Å². The van der Waals surface area contributed by atoms with Gasteiger partial charge in [-0.2, -0.15) is 0 Å². The molecule has 0 radical (unpaired) electrons. The number of hydrogen-bond donors (Lipinski definition) is 3. The molecule has 2 heterocycles. The maximum Gasteiger partial charge on any atom is 0.160 e. The first kappa shape index (κ1) is 25.0. The second kappa shape index (κ2) is 11.0. The third-order valence-corrected chi connectivity index (χ3v) is 5.87. The summed E-state index contributed by atoms with van der Waals surface area (Å²) >= 11 is 0. The van der Waals surface area contributed by atoms with Crippen LogP contribution in [0.4, 0.5) is 5.82 Å². The van der Waals surface area contributed by atoms with Gasteiger partial charge in [0, 0.05) is 56.3 Å². The molecule has 2 aromatic rings. The smallest absolute Gasteiger partial charge is 0.160 e. The van der Waals surface area contributed by atoms with Crippen LogP contribution in [0.3, 0.4) is 0 Å². The molecule has 1 aliphatic rings. The van der Waals surface area contributed by atoms with E-state index < -0.39 is 6.10 Å². The second-order valence-electron chi connectivity index (χ2n) is 9.45. The molecule has 8 heteroatoms. The third kappa shape index (κ3) is 6.43. The SMILES string of the molecule is CN(c1cc(-c2cccc(OCC(O)CN)c2)nc(C(=CN)C(C)(C)C)n1)C1CCOCC1. The van der Waals surface area contributed by atoms with Crippen LogP contribution in [0.5, 0.6) is 5.75 Å². The molecule has 1 aromatic carbocycles. The predicted molar refractivity (Wildman–Crippen MR) is 132 cm³/mol. The van der Waals surface area contributed by atoms with Crippen molar-refractivity contribution in [2.24, 2.45) is 16.9 Å². The highest BCUT2D eigenvalue weighted by atomic mass is 16.5. The first-order valence-corrected chi connectivity index (χ1v) is 11.5. The number of benzene rings is 1. The van der Waals surface area contributed by atoms with Crippen LogP contribution in [0.15, 0.2) is 36.5 Å². The Kier molecular flexibility index (Phi) is 8.29. The van der Waals surface area contributed by atoms with Crippen LogP contribution in [-0.4, -0.2) is 60.6 Å². The Balaban J connectivity index is 2.02. The highest BCUT2D eigenvalue weighted by Gasteiger charge is 2.25. The summed E-state index contributed by atoms with van der Waals surface area (Å²) < 4.78 is 11.3. The molecular weight excluding hydrogens is 418 g/mol. The largest absolute Gasteiger partial charge is 0.491 e. The zero-order valence-electron chi connectivity index (χ0n) is 20.1. The number of aliphatic hydroxyl groups is 1. The summed E-state index contributed by atoms with van der Waals surface area (Å²) in [6, 6.07) is 10.0. The van der Waals surface area contributed by atoms with Gasteiger partial charge in [-0.3, -0.25) is 0 Å². The van der Waals surface area contributed by atoms with Gasteiger partial charge >= 0.3 is 0 Å². The van der Waals surface area contributed by atoms with Gasteiger partial charge < -0.3 is 30.9 Å². The van der Waals surface area contributed by atoms with Crippen LogP contribution < -0.4 is 21.1 Å². The fraction of sp³-hybridized carbons (Fsp3) is 0.520. The fourth-order valence-electron chi connectivity index (χ4n) is 3.81. The van der Waals surface area contributed by atoms with Crippen LogP contribution in [0.25, 0.3) is 16.8 Å². The summed E-state index contributed by atoms with van der Waals surface area (Å²) in [6.07, 6.45) is 2.81. The summed E-state index contributed by atoms with van der Waals surface area (Å²) in [6.45, 7) is 8.09. The van der Waals surface area contributed by atoms with Gasteiger partial charge in [0.2, 0.25) is 0 Å². The Morgan fingerprint density at radius 3 is 2.64 bits per heavy atom. The Morgan fingerprint density at radius 1 is 1.27 bits per heavy atom. The van der Waals surface area contributed by atoms with Gasteiger partial charge in [-0.1, -0.05) is 32.9 Å². The summed E-state index contributed by atoms with van der Waals surface area (Å²) in [4.78, 5) is 12.0. The van der Waals surface area contributed by atoms with Gasteiger partial charge in [-0.15, -0.1) is 0 Å². The lowest BCUT2D eigenvalue weighted by Gasteiger charge is -2.32. The third-order valence-electron chi connectivity index (χ3n) is 5.87. The molecule has 1 fully saturated rings. The van der Waals surface area contributed by atoms with E-state index in [-0.39, 0.29) is 18.6 Å². The summed E-state index contributed by atoms with van der Waals surface area (Å²) in [5.41, 5.74) is 13.8. The second-order valence-corrected chi connectivity index (χ2v) is 9.45. The minimum Gasteiger partial charge on any atom is -0.491 e. The van der Waals surface area contributed by atoms with Crippen molar-refractivity contribution in [3.8, 4) is 17.0 Å². The van der Waals surface area contributed by atoms with E-state index >= 15 is 0 Å². The molecule has 180 valence electrons. The zero-order valence-corrected chi connectivity index (χ0v) is 20.1. The Hall–Kier alpha value is -2.68. The highest BCUT2D eigenvalue weighted by Crippen LogP contribution is 2.34. The first-order valence-electron chi connectivity index (χ1n) is 11.5. The van der Waals surface area contributed by atoms with E-state index in [4.69, 9.17) is 30.9 Å². The molecular formula is C25H37N5O3. The van der Waals surface area contributed by atoms with E-state index in [2.05, 4.69) is 32.7 Å². The average Bonchev–Trinajstić information content (AvgIpc) is 2.82. The van der Waals surface area contributed by atoms with E-state index in [9.17, 15) is 5.11 Å². The number of ether oxygens (including phenoxy) is 2. The van der Waals surface area contributed by atoms with Crippen LogP contribution in [0.1, 0.15) is 39.4 Å². The van der Waals surface area contributed by atoms with Gasteiger partial charge in [-0.05, 0) is 30.4 Å². The standard InChI is InChI=1S/C25H37N5O3/c1-25(2,3)21(15-27)24-28-22(13-23(29-24)30(4)18-8-10-32-11-9-18)17-6-5-7-20(12-17)33-16-19(31)14-26/h5-7,12-13,15,18-19,31H,8-11,14,16,26-27H2,1-4H3. The van der Waals surface area contributed by atoms with E-state index in [0.29, 0.717) is 17.6 Å². The van der Waals surface area contributed by atoms with E-state index in [1.165, 1.54) is 0 Å². The number of anilines is 1. The quantitative estimate of drug-likeness (QED) is 0.556. The van der Waals surface area contributed by atoms with E-state index in [1.54, 1.807) is 6.20 Å². The normalized spacial score (nSPS) is 16.5. The topological polar surface area (TPSA) is 120 Å². The van der Waals surface area contributed by atoms with Gasteiger partial charge in [0.05, 0.1) is 5.69 Å². The lowest BCUT2D eigenvalue weighted by molar-refractivity contribution is 0.0853. The Morgan fingerprint density at radius 2 is 2.00 bits per heavy atom. The number of aromatic nitrogens is 2. The first-order chi connectivity index (χ1) is 15.7. The number of nitrogens with zero attached hydrogens (tertiary/aromatic N) is 3. The minimum atomic E-state index is -0.705. The van der Waals surface area contributed by atoms with Gasteiger partial charge in [-0.25, -0.2) is 9.97 Å². The molecule has 3 rings (SSSR count). The number of rotatable bonds is 8. The van der Waals surface area contributed by atoms with Gasteiger partial charge in [0.25, 0.3) is 0 Å². The Bertz CT molecular complexity index is 951. The zero-order chi connectivity index (χ0) is 24.0. The van der Waals surface area contributed by atoms with Gasteiger partial charge in [0.1, 0.15) is 24.3 Å². The van der Waals surface area contributed by atoms with Crippen LogP contribution in [0, 0.1) is 5.41 Å². The summed E-state index contributed by atoms with van der Waals surface area (Å²) in [7, 11) is 2.07. The highest BCUT2D eigenvalue weighted by molar-refractivity contribution is 5.70. The molecule has 5 N–H and O–H groups in total. The molecule has 1 atom stereocenters. The van der Waals surface area contributed by atoms with Crippen molar-refractivity contribution < 1.29 is 14.6 Å². The maximum absolute atomic E-state index is 9.72. The Labute approximate surface area is 196 Å². The van der Waals surface area contributed by atoms with Crippen LogP contribution in [0.2, 0.25) is 0 Å². The van der Waals surface area contributed by atoms with Crippen molar-refractivity contribution in [3.63, 3.8) is 0 Å². The lowest BCUT2D eigenvalue weighted by Crippen LogP contribution is -2.37. The molecule has 33 heavy (non-hydrogen) atoms.